The van der Waals surface area contributed by atoms with Gasteiger partial charge in [-0.2, -0.15) is 0 Å². The van der Waals surface area contributed by atoms with Gasteiger partial charge in [0, 0.05) is 30.7 Å². The van der Waals surface area contributed by atoms with Gasteiger partial charge >= 0.3 is 0 Å². The van der Waals surface area contributed by atoms with Crippen LogP contribution in [0.4, 0.5) is 0 Å². The van der Waals surface area contributed by atoms with Crippen LogP contribution in [0.5, 0.6) is 0 Å². The van der Waals surface area contributed by atoms with Crippen molar-refractivity contribution in [3.8, 4) is 0 Å². The molecule has 0 saturated heterocycles. The molecule has 4 N–H and O–H groups in total. The van der Waals surface area contributed by atoms with Gasteiger partial charge in [-0.1, -0.05) is 24.3 Å². The molecule has 1 aromatic carbocycles. The Hall–Kier alpha value is -1.65. The first kappa shape index (κ1) is 12.8. The standard InChI is InChI=1S/C14H18N2O2/c15-14(18)12-3-1-2-10(6-12)8-16-13-5-4-11(7-13)9-17/h1-6,11,13,16-17H,7-9H2,(H2,15,18)/t11-,13+/m0/s1. The molecule has 4 nitrogen and oxygen atoms in total. The Morgan fingerprint density at radius 1 is 1.44 bits per heavy atom. The molecule has 1 aliphatic rings. The summed E-state index contributed by atoms with van der Waals surface area (Å²) in [5, 5.41) is 12.4. The van der Waals surface area contributed by atoms with Gasteiger partial charge in [-0.3, -0.25) is 4.79 Å². The third-order valence-electron chi connectivity index (χ3n) is 3.19. The smallest absolute Gasteiger partial charge is 0.248 e. The number of hydrogen-bond acceptors (Lipinski definition) is 3. The first-order valence-corrected chi connectivity index (χ1v) is 6.10. The third-order valence-corrected chi connectivity index (χ3v) is 3.19. The van der Waals surface area contributed by atoms with E-state index in [2.05, 4.69) is 11.4 Å². The van der Waals surface area contributed by atoms with Crippen molar-refractivity contribution in [1.82, 2.24) is 5.32 Å². The van der Waals surface area contributed by atoms with Crippen molar-refractivity contribution >= 4 is 5.91 Å². The van der Waals surface area contributed by atoms with Crippen LogP contribution in [0, 0.1) is 5.92 Å². The average Bonchev–Trinajstić information content (AvgIpc) is 2.84. The normalized spacial score (nSPS) is 22.3. The lowest BCUT2D eigenvalue weighted by Gasteiger charge is -2.12. The molecule has 2 rings (SSSR count). The molecule has 1 amide bonds. The zero-order chi connectivity index (χ0) is 13.0. The molecule has 4 heteroatoms. The van der Waals surface area contributed by atoms with E-state index in [9.17, 15) is 4.79 Å². The number of nitrogens with one attached hydrogen (secondary N) is 1. The van der Waals surface area contributed by atoms with E-state index in [1.54, 1.807) is 12.1 Å². The molecule has 18 heavy (non-hydrogen) atoms. The number of nitrogens with two attached hydrogens (primary N) is 1. The number of hydrogen-bond donors (Lipinski definition) is 3. The zero-order valence-corrected chi connectivity index (χ0v) is 10.2. The number of amides is 1. The van der Waals surface area contributed by atoms with Crippen LogP contribution in [-0.4, -0.2) is 23.7 Å². The van der Waals surface area contributed by atoms with Gasteiger partial charge in [-0.05, 0) is 24.1 Å². The highest BCUT2D eigenvalue weighted by molar-refractivity contribution is 5.92. The van der Waals surface area contributed by atoms with Crippen LogP contribution in [0.1, 0.15) is 22.3 Å². The fourth-order valence-corrected chi connectivity index (χ4v) is 2.14. The van der Waals surface area contributed by atoms with Gasteiger partial charge in [0.05, 0.1) is 0 Å². The minimum Gasteiger partial charge on any atom is -0.396 e. The summed E-state index contributed by atoms with van der Waals surface area (Å²) in [6.45, 7) is 0.889. The molecule has 0 aromatic heterocycles. The minimum atomic E-state index is -0.405. The maximum Gasteiger partial charge on any atom is 0.248 e. The fraction of sp³-hybridized carbons (Fsp3) is 0.357. The van der Waals surface area contributed by atoms with Crippen LogP contribution < -0.4 is 11.1 Å². The lowest BCUT2D eigenvalue weighted by atomic mass is 10.1. The molecule has 96 valence electrons. The second-order valence-electron chi connectivity index (χ2n) is 4.62. The number of carbonyl (C=O) groups is 1. The summed E-state index contributed by atoms with van der Waals surface area (Å²) in [5.74, 6) is -0.141. The Labute approximate surface area is 107 Å². The number of carbonyl (C=O) groups excluding carboxylic acids is 1. The highest BCUT2D eigenvalue weighted by Gasteiger charge is 2.17. The Morgan fingerprint density at radius 2 is 2.28 bits per heavy atom. The van der Waals surface area contributed by atoms with Gasteiger partial charge in [0.25, 0.3) is 0 Å². The summed E-state index contributed by atoms with van der Waals surface area (Å²) in [6.07, 6.45) is 5.04. The molecular weight excluding hydrogens is 228 g/mol. The van der Waals surface area contributed by atoms with E-state index in [1.165, 1.54) is 0 Å². The lowest BCUT2D eigenvalue weighted by Crippen LogP contribution is -2.26. The van der Waals surface area contributed by atoms with Crippen molar-refractivity contribution < 1.29 is 9.90 Å². The average molecular weight is 246 g/mol. The summed E-state index contributed by atoms with van der Waals surface area (Å²) >= 11 is 0. The number of aliphatic hydroxyl groups is 1. The van der Waals surface area contributed by atoms with E-state index in [0.717, 1.165) is 12.0 Å². The van der Waals surface area contributed by atoms with Crippen molar-refractivity contribution in [2.75, 3.05) is 6.61 Å². The van der Waals surface area contributed by atoms with Crippen molar-refractivity contribution in [1.29, 1.82) is 0 Å². The fourth-order valence-electron chi connectivity index (χ4n) is 2.14. The summed E-state index contributed by atoms with van der Waals surface area (Å²) in [6, 6.07) is 7.60. The topological polar surface area (TPSA) is 75.4 Å². The molecule has 1 aromatic rings. The van der Waals surface area contributed by atoms with E-state index >= 15 is 0 Å². The Kier molecular flexibility index (Phi) is 4.12. The van der Waals surface area contributed by atoms with Crippen LogP contribution in [0.25, 0.3) is 0 Å². The number of primary amides is 1. The van der Waals surface area contributed by atoms with Crippen molar-refractivity contribution in [3.05, 3.63) is 47.5 Å². The van der Waals surface area contributed by atoms with Gasteiger partial charge in [0.1, 0.15) is 0 Å². The van der Waals surface area contributed by atoms with Gasteiger partial charge in [0.2, 0.25) is 5.91 Å². The van der Waals surface area contributed by atoms with E-state index in [0.29, 0.717) is 18.2 Å². The summed E-state index contributed by atoms with van der Waals surface area (Å²) in [4.78, 5) is 11.1. The quantitative estimate of drug-likeness (QED) is 0.673. The molecule has 0 fully saturated rings. The van der Waals surface area contributed by atoms with E-state index in [1.807, 2.05) is 18.2 Å². The SMILES string of the molecule is NC(=O)c1cccc(CN[C@@H]2C=C[C@H](CO)C2)c1. The van der Waals surface area contributed by atoms with Gasteiger partial charge < -0.3 is 16.2 Å². The first-order valence-electron chi connectivity index (χ1n) is 6.10. The van der Waals surface area contributed by atoms with E-state index in [-0.39, 0.29) is 12.5 Å². The van der Waals surface area contributed by atoms with Crippen LogP contribution in [0.3, 0.4) is 0 Å². The molecular formula is C14H18N2O2. The van der Waals surface area contributed by atoms with Crippen LogP contribution >= 0.6 is 0 Å². The molecule has 0 bridgehead atoms. The first-order chi connectivity index (χ1) is 8.69. The Morgan fingerprint density at radius 3 is 2.94 bits per heavy atom. The third kappa shape index (κ3) is 3.18. The largest absolute Gasteiger partial charge is 0.396 e. The summed E-state index contributed by atoms with van der Waals surface area (Å²) in [5.41, 5.74) is 6.81. The molecule has 0 radical (unpaired) electrons. The predicted molar refractivity (Wildman–Crippen MR) is 69.9 cm³/mol. The molecule has 1 aliphatic carbocycles. The van der Waals surface area contributed by atoms with Crippen LogP contribution in [0.15, 0.2) is 36.4 Å². The minimum absolute atomic E-state index is 0.200. The molecule has 0 spiro atoms. The lowest BCUT2D eigenvalue weighted by molar-refractivity contribution is 0.1000. The molecule has 0 aliphatic heterocycles. The number of aliphatic hydroxyl groups excluding tert-OH is 1. The van der Waals surface area contributed by atoms with Crippen molar-refractivity contribution in [3.63, 3.8) is 0 Å². The maximum absolute atomic E-state index is 11.1. The van der Waals surface area contributed by atoms with Gasteiger partial charge in [-0.25, -0.2) is 0 Å². The zero-order valence-electron chi connectivity index (χ0n) is 10.2. The van der Waals surface area contributed by atoms with Gasteiger partial charge in [-0.15, -0.1) is 0 Å². The number of benzene rings is 1. The second kappa shape index (κ2) is 5.80. The van der Waals surface area contributed by atoms with Crippen LogP contribution in [-0.2, 0) is 6.54 Å². The highest BCUT2D eigenvalue weighted by Crippen LogP contribution is 2.17. The molecule has 0 unspecified atom stereocenters. The summed E-state index contributed by atoms with van der Waals surface area (Å²) < 4.78 is 0. The second-order valence-corrected chi connectivity index (χ2v) is 4.62. The maximum atomic E-state index is 11.1. The number of rotatable bonds is 5. The van der Waals surface area contributed by atoms with E-state index < -0.39 is 5.91 Å². The Balaban J connectivity index is 1.89. The predicted octanol–water partition coefficient (Wildman–Crippen LogP) is 0.812. The Bertz CT molecular complexity index is 457. The van der Waals surface area contributed by atoms with Crippen LogP contribution in [0.2, 0.25) is 0 Å². The van der Waals surface area contributed by atoms with Crippen molar-refractivity contribution in [2.24, 2.45) is 11.7 Å². The van der Waals surface area contributed by atoms with E-state index in [4.69, 9.17) is 10.8 Å². The molecule has 2 atom stereocenters. The monoisotopic (exact) mass is 246 g/mol. The van der Waals surface area contributed by atoms with Crippen molar-refractivity contribution in [2.45, 2.75) is 19.0 Å². The van der Waals surface area contributed by atoms with Gasteiger partial charge in [0.15, 0.2) is 0 Å². The molecule has 0 heterocycles. The molecule has 0 saturated carbocycles. The highest BCUT2D eigenvalue weighted by atomic mass is 16.3. The summed E-state index contributed by atoms with van der Waals surface area (Å²) in [7, 11) is 0.